The zero-order valence-corrected chi connectivity index (χ0v) is 14.3. The van der Waals surface area contributed by atoms with E-state index in [0.717, 1.165) is 0 Å². The smallest absolute Gasteiger partial charge is 0.324 e. The Morgan fingerprint density at radius 3 is 2.20 bits per heavy atom. The molecule has 0 saturated carbocycles. The van der Waals surface area contributed by atoms with Crippen molar-refractivity contribution in [2.24, 2.45) is 0 Å². The van der Waals surface area contributed by atoms with Crippen LogP contribution in [0.3, 0.4) is 0 Å². The van der Waals surface area contributed by atoms with Crippen molar-refractivity contribution in [1.82, 2.24) is 15.1 Å². The number of likely N-dealkylation sites (tertiary alicyclic amines) is 1. The third-order valence-electron chi connectivity index (χ3n) is 4.64. The monoisotopic (exact) mass is 347 g/mol. The molecular formula is C17H21N3O5. The highest BCUT2D eigenvalue weighted by Crippen LogP contribution is 2.31. The highest BCUT2D eigenvalue weighted by Gasteiger charge is 2.37. The van der Waals surface area contributed by atoms with Gasteiger partial charge in [0.1, 0.15) is 17.1 Å². The Bertz CT molecular complexity index is 659. The molecule has 0 aliphatic carbocycles. The highest BCUT2D eigenvalue weighted by molar-refractivity contribution is 6.02. The third kappa shape index (κ3) is 3.11. The molecule has 2 fully saturated rings. The number of methoxy groups -OCH3 is 2. The maximum atomic E-state index is 12.9. The zero-order valence-electron chi connectivity index (χ0n) is 14.3. The van der Waals surface area contributed by atoms with E-state index in [0.29, 0.717) is 43.0 Å². The Hall–Kier alpha value is -2.77. The number of nitrogens with zero attached hydrogens (tertiary/aromatic N) is 2. The van der Waals surface area contributed by atoms with Gasteiger partial charge in [0.05, 0.1) is 20.8 Å². The maximum Gasteiger partial charge on any atom is 0.324 e. The molecule has 8 nitrogen and oxygen atoms in total. The summed E-state index contributed by atoms with van der Waals surface area (Å²) in [5.74, 6) is 0.535. The van der Waals surface area contributed by atoms with E-state index >= 15 is 0 Å². The molecular weight excluding hydrogens is 326 g/mol. The van der Waals surface area contributed by atoms with Crippen LogP contribution < -0.4 is 14.8 Å². The van der Waals surface area contributed by atoms with Gasteiger partial charge in [0.2, 0.25) is 5.91 Å². The summed E-state index contributed by atoms with van der Waals surface area (Å²) >= 11 is 0. The summed E-state index contributed by atoms with van der Waals surface area (Å²) in [5.41, 5.74) is 0.390. The Kier molecular flexibility index (Phi) is 4.78. The number of carbonyl (C=O) groups excluding carboxylic acids is 3. The fourth-order valence-corrected chi connectivity index (χ4v) is 3.35. The largest absolute Gasteiger partial charge is 0.496 e. The van der Waals surface area contributed by atoms with E-state index < -0.39 is 0 Å². The summed E-state index contributed by atoms with van der Waals surface area (Å²) in [6.07, 6.45) is 1.12. The molecule has 0 bridgehead atoms. The van der Waals surface area contributed by atoms with Crippen molar-refractivity contribution >= 4 is 17.8 Å². The minimum Gasteiger partial charge on any atom is -0.496 e. The van der Waals surface area contributed by atoms with Crippen molar-refractivity contribution in [2.75, 3.05) is 33.9 Å². The predicted octanol–water partition coefficient (Wildman–Crippen LogP) is 0.860. The number of hydrogen-bond acceptors (Lipinski definition) is 5. The number of nitrogens with one attached hydrogen (secondary N) is 1. The molecule has 1 N–H and O–H groups in total. The Balaban J connectivity index is 1.72. The number of hydrogen-bond donors (Lipinski definition) is 1. The van der Waals surface area contributed by atoms with Gasteiger partial charge < -0.3 is 19.7 Å². The normalized spacial score (nSPS) is 18.3. The van der Waals surface area contributed by atoms with Gasteiger partial charge in [-0.2, -0.15) is 0 Å². The van der Waals surface area contributed by atoms with E-state index in [9.17, 15) is 14.4 Å². The first-order valence-corrected chi connectivity index (χ1v) is 8.17. The number of benzene rings is 1. The number of imide groups is 1. The Morgan fingerprint density at radius 1 is 1.12 bits per heavy atom. The van der Waals surface area contributed by atoms with Gasteiger partial charge in [-0.3, -0.25) is 14.5 Å². The van der Waals surface area contributed by atoms with Crippen LogP contribution in [-0.4, -0.2) is 67.5 Å². The van der Waals surface area contributed by atoms with Gasteiger partial charge in [0, 0.05) is 19.1 Å². The van der Waals surface area contributed by atoms with Crippen molar-refractivity contribution < 1.29 is 23.9 Å². The second-order valence-electron chi connectivity index (χ2n) is 5.98. The predicted molar refractivity (Wildman–Crippen MR) is 88.7 cm³/mol. The molecule has 4 amide bonds. The van der Waals surface area contributed by atoms with Crippen LogP contribution in [0.1, 0.15) is 23.2 Å². The molecule has 0 atom stereocenters. The molecule has 134 valence electrons. The lowest BCUT2D eigenvalue weighted by Crippen LogP contribution is -2.49. The summed E-state index contributed by atoms with van der Waals surface area (Å²) < 4.78 is 10.6. The number of urea groups is 1. The summed E-state index contributed by atoms with van der Waals surface area (Å²) in [5, 5.41) is 2.53. The standard InChI is InChI=1S/C17H21N3O5/c1-24-12-4-3-5-13(25-2)15(12)16(22)19-8-6-11(7-9-19)20-14(21)10-18-17(20)23/h3-5,11H,6-10H2,1-2H3,(H,18,23). The summed E-state index contributed by atoms with van der Waals surface area (Å²) in [7, 11) is 3.02. The van der Waals surface area contributed by atoms with Crippen molar-refractivity contribution in [2.45, 2.75) is 18.9 Å². The fraction of sp³-hybridized carbons (Fsp3) is 0.471. The van der Waals surface area contributed by atoms with Gasteiger partial charge in [0.15, 0.2) is 0 Å². The molecule has 2 aliphatic rings. The van der Waals surface area contributed by atoms with Crippen LogP contribution in [0.15, 0.2) is 18.2 Å². The molecule has 2 saturated heterocycles. The molecule has 0 radical (unpaired) electrons. The molecule has 3 rings (SSSR count). The van der Waals surface area contributed by atoms with E-state index in [-0.39, 0.29) is 30.4 Å². The second-order valence-corrected chi connectivity index (χ2v) is 5.98. The third-order valence-corrected chi connectivity index (χ3v) is 4.64. The number of ether oxygens (including phenoxy) is 2. The highest BCUT2D eigenvalue weighted by atomic mass is 16.5. The summed E-state index contributed by atoms with van der Waals surface area (Å²) in [6.45, 7) is 0.972. The first-order valence-electron chi connectivity index (χ1n) is 8.17. The molecule has 1 aromatic carbocycles. The van der Waals surface area contributed by atoms with E-state index in [4.69, 9.17) is 9.47 Å². The van der Waals surface area contributed by atoms with E-state index in [1.807, 2.05) is 0 Å². The SMILES string of the molecule is COc1cccc(OC)c1C(=O)N1CCC(N2C(=O)CNC2=O)CC1. The van der Waals surface area contributed by atoms with Crippen LogP contribution in [0.25, 0.3) is 0 Å². The lowest BCUT2D eigenvalue weighted by molar-refractivity contribution is -0.127. The van der Waals surface area contributed by atoms with Gasteiger partial charge in [-0.05, 0) is 25.0 Å². The minimum atomic E-state index is -0.346. The van der Waals surface area contributed by atoms with Crippen LogP contribution in [-0.2, 0) is 4.79 Å². The van der Waals surface area contributed by atoms with Gasteiger partial charge in [-0.25, -0.2) is 4.79 Å². The van der Waals surface area contributed by atoms with Crippen LogP contribution in [0, 0.1) is 0 Å². The minimum absolute atomic E-state index is 0.0520. The summed E-state index contributed by atoms with van der Waals surface area (Å²) in [6, 6.07) is 4.68. The van der Waals surface area contributed by atoms with E-state index in [1.165, 1.54) is 19.1 Å². The number of piperidine rings is 1. The lowest BCUT2D eigenvalue weighted by atomic mass is 10.0. The van der Waals surface area contributed by atoms with Crippen molar-refractivity contribution in [3.05, 3.63) is 23.8 Å². The topological polar surface area (TPSA) is 88.2 Å². The van der Waals surface area contributed by atoms with Gasteiger partial charge in [-0.15, -0.1) is 0 Å². The second kappa shape index (κ2) is 7.00. The zero-order chi connectivity index (χ0) is 18.0. The van der Waals surface area contributed by atoms with Crippen LogP contribution >= 0.6 is 0 Å². The molecule has 0 aromatic heterocycles. The molecule has 8 heteroatoms. The van der Waals surface area contributed by atoms with Crippen LogP contribution in [0.5, 0.6) is 11.5 Å². The Labute approximate surface area is 145 Å². The number of amides is 4. The average Bonchev–Trinajstić information content (AvgIpc) is 2.98. The van der Waals surface area contributed by atoms with Gasteiger partial charge in [-0.1, -0.05) is 6.07 Å². The average molecular weight is 347 g/mol. The maximum absolute atomic E-state index is 12.9. The summed E-state index contributed by atoms with van der Waals surface area (Å²) in [4.78, 5) is 39.5. The van der Waals surface area contributed by atoms with Gasteiger partial charge >= 0.3 is 6.03 Å². The fourth-order valence-electron chi connectivity index (χ4n) is 3.35. The molecule has 2 heterocycles. The molecule has 2 aliphatic heterocycles. The quantitative estimate of drug-likeness (QED) is 0.816. The molecule has 1 aromatic rings. The van der Waals surface area contributed by atoms with Gasteiger partial charge in [0.25, 0.3) is 5.91 Å². The van der Waals surface area contributed by atoms with Crippen molar-refractivity contribution in [3.63, 3.8) is 0 Å². The first kappa shape index (κ1) is 17.1. The van der Waals surface area contributed by atoms with E-state index in [1.54, 1.807) is 23.1 Å². The number of rotatable bonds is 4. The lowest BCUT2D eigenvalue weighted by Gasteiger charge is -2.35. The molecule has 25 heavy (non-hydrogen) atoms. The molecule has 0 spiro atoms. The number of carbonyl (C=O) groups is 3. The van der Waals surface area contributed by atoms with E-state index in [2.05, 4.69) is 5.32 Å². The first-order chi connectivity index (χ1) is 12.1. The Morgan fingerprint density at radius 2 is 1.72 bits per heavy atom. The molecule has 0 unspecified atom stereocenters. The van der Waals surface area contributed by atoms with Crippen molar-refractivity contribution in [3.8, 4) is 11.5 Å². The van der Waals surface area contributed by atoms with Crippen LogP contribution in [0.4, 0.5) is 4.79 Å². The van der Waals surface area contributed by atoms with Crippen molar-refractivity contribution in [1.29, 1.82) is 0 Å². The van der Waals surface area contributed by atoms with Crippen LogP contribution in [0.2, 0.25) is 0 Å².